The molecule has 0 aliphatic carbocycles. The van der Waals surface area contributed by atoms with Crippen molar-refractivity contribution < 1.29 is 33.5 Å². The lowest BCUT2D eigenvalue weighted by Crippen LogP contribution is -2.58. The van der Waals surface area contributed by atoms with E-state index in [1.807, 2.05) is 0 Å². The maximum Gasteiger partial charge on any atom is 0.469 e. The Balaban J connectivity index is 4.73. The molecular weight excluding hydrogens is 467 g/mol. The molecule has 0 fully saturated rings. The Morgan fingerprint density at radius 2 is 0.971 bits per heavy atom. The quantitative estimate of drug-likeness (QED) is 0.0708. The largest absolute Gasteiger partial charge is 0.469 e. The van der Waals surface area contributed by atoms with Crippen molar-refractivity contribution in [3.05, 3.63) is 0 Å². The smallest absolute Gasteiger partial charge is 0.394 e. The maximum atomic E-state index is 13.0. The molecule has 0 amide bonds. The van der Waals surface area contributed by atoms with Crippen LogP contribution in [0.3, 0.4) is 0 Å². The van der Waals surface area contributed by atoms with Crippen molar-refractivity contribution in [2.75, 3.05) is 6.61 Å². The fourth-order valence-electron chi connectivity index (χ4n) is 4.50. The summed E-state index contributed by atoms with van der Waals surface area (Å²) in [7, 11) is -3.57. The third-order valence-electron chi connectivity index (χ3n) is 6.70. The van der Waals surface area contributed by atoms with Crippen molar-refractivity contribution in [2.45, 2.75) is 154 Å². The van der Waals surface area contributed by atoms with Gasteiger partial charge >= 0.3 is 7.91 Å². The zero-order valence-electron chi connectivity index (χ0n) is 22.3. The summed E-state index contributed by atoms with van der Waals surface area (Å²) in [4.78, 5) is 26.1. The molecule has 1 unspecified atom stereocenters. The second-order valence-electron chi connectivity index (χ2n) is 9.75. The molecule has 0 aromatic carbocycles. The van der Waals surface area contributed by atoms with Crippen LogP contribution in [0.25, 0.3) is 0 Å². The lowest BCUT2D eigenvalue weighted by Gasteiger charge is -2.31. The number of hydrogen-bond acceptors (Lipinski definition) is 7. The van der Waals surface area contributed by atoms with E-state index in [1.54, 1.807) is 0 Å². The predicted molar refractivity (Wildman–Crippen MR) is 139 cm³/mol. The second kappa shape index (κ2) is 22.3. The summed E-state index contributed by atoms with van der Waals surface area (Å²) in [5, 5.41) is 19.9. The molecule has 35 heavy (non-hydrogen) atoms. The average molecular weight is 519 g/mol. The highest BCUT2D eigenvalue weighted by Crippen LogP contribution is 2.31. The van der Waals surface area contributed by atoms with Gasteiger partial charge in [0.15, 0.2) is 11.6 Å². The Morgan fingerprint density at radius 1 is 0.657 bits per heavy atom. The third-order valence-corrected chi connectivity index (χ3v) is 7.14. The number of rotatable bonds is 26. The van der Waals surface area contributed by atoms with Crippen LogP contribution in [0.4, 0.5) is 0 Å². The first kappa shape index (κ1) is 34.1. The average Bonchev–Trinajstić information content (AvgIpc) is 2.84. The van der Waals surface area contributed by atoms with Gasteiger partial charge in [-0.3, -0.25) is 9.59 Å². The number of aliphatic hydroxyl groups excluding tert-OH is 2. The number of carbonyl (C=O) groups excluding carboxylic acids is 2. The van der Waals surface area contributed by atoms with Crippen LogP contribution in [-0.4, -0.2) is 40.1 Å². The van der Waals surface area contributed by atoms with E-state index in [2.05, 4.69) is 13.8 Å². The van der Waals surface area contributed by atoms with Crippen LogP contribution in [0.2, 0.25) is 0 Å². The second-order valence-corrected chi connectivity index (χ2v) is 10.4. The Hall–Kier alpha value is -0.880. The third kappa shape index (κ3) is 15.1. The molecule has 0 aliphatic rings. The number of Topliss-reactive ketones (excluding diaryl/α,β-unsaturated/α-hetero) is 2. The van der Waals surface area contributed by atoms with Crippen LogP contribution in [0.1, 0.15) is 142 Å². The number of carbonyl (C=O) groups is 2. The topological polar surface area (TPSA) is 118 Å². The first-order valence-corrected chi connectivity index (χ1v) is 15.1. The normalized spacial score (nSPS) is 12.6. The molecule has 7 nitrogen and oxygen atoms in total. The molecular formula is C27H51O7P. The van der Waals surface area contributed by atoms with E-state index < -0.39 is 37.8 Å². The molecule has 0 bridgehead atoms. The summed E-state index contributed by atoms with van der Waals surface area (Å²) < 4.78 is 27.6. The van der Waals surface area contributed by atoms with Gasteiger partial charge in [-0.05, 0) is 12.8 Å². The van der Waals surface area contributed by atoms with E-state index in [4.69, 9.17) is 4.52 Å². The maximum absolute atomic E-state index is 13.0. The molecule has 1 atom stereocenters. The summed E-state index contributed by atoms with van der Waals surface area (Å²) in [5.41, 5.74) is -2.54. The summed E-state index contributed by atoms with van der Waals surface area (Å²) in [5.74, 6) is -1.52. The van der Waals surface area contributed by atoms with Gasteiger partial charge in [-0.2, -0.15) is 0 Å². The van der Waals surface area contributed by atoms with E-state index >= 15 is 0 Å². The van der Waals surface area contributed by atoms with E-state index in [-0.39, 0.29) is 12.8 Å². The van der Waals surface area contributed by atoms with Crippen molar-refractivity contribution in [1.82, 2.24) is 0 Å². The lowest BCUT2D eigenvalue weighted by atomic mass is 9.82. The Bertz CT molecular complexity index is 577. The molecule has 0 aromatic heterocycles. The summed E-state index contributed by atoms with van der Waals surface area (Å²) in [6.45, 7) is 3.42. The molecule has 0 aliphatic heterocycles. The van der Waals surface area contributed by atoms with Gasteiger partial charge in [-0.25, -0.2) is 13.7 Å². The zero-order valence-corrected chi connectivity index (χ0v) is 23.2. The minimum Gasteiger partial charge on any atom is -0.394 e. The SMILES string of the molecule is CCCCCCCCCCCC(=O)C(OP(=O)=O)(C(=O)CCCCCCCCCCC)C(O)CO. The monoisotopic (exact) mass is 518 g/mol. The summed E-state index contributed by atoms with van der Waals surface area (Å²) in [6.07, 6.45) is 16.6. The van der Waals surface area contributed by atoms with Gasteiger partial charge in [-0.1, -0.05) is 117 Å². The van der Waals surface area contributed by atoms with Crippen LogP contribution in [0, 0.1) is 0 Å². The molecule has 0 heterocycles. The van der Waals surface area contributed by atoms with Crippen LogP contribution < -0.4 is 0 Å². The molecule has 0 saturated heterocycles. The Labute approximate surface area is 213 Å². The van der Waals surface area contributed by atoms with Gasteiger partial charge in [0.2, 0.25) is 5.60 Å². The van der Waals surface area contributed by atoms with E-state index in [9.17, 15) is 28.9 Å². The molecule has 206 valence electrons. The van der Waals surface area contributed by atoms with Gasteiger partial charge in [0.05, 0.1) is 6.61 Å². The number of aliphatic hydroxyl groups is 2. The highest BCUT2D eigenvalue weighted by atomic mass is 31.1. The van der Waals surface area contributed by atoms with E-state index in [0.29, 0.717) is 12.8 Å². The van der Waals surface area contributed by atoms with Gasteiger partial charge in [0, 0.05) is 12.8 Å². The molecule has 0 radical (unpaired) electrons. The number of hydrogen-bond donors (Lipinski definition) is 2. The molecule has 0 rings (SSSR count). The minimum absolute atomic E-state index is 0.0699. The standard InChI is InChI=1S/C27H51O7P/c1-3-5-7-9-11-13-15-17-19-21-24(29)27(26(31)23-28,34-35(32)33)25(30)22-20-18-16-14-12-10-8-6-4-2/h26,28,31H,3-23H2,1-2H3. The predicted octanol–water partition coefficient (Wildman–Crippen LogP) is 7.16. The molecule has 2 N–H and O–H groups in total. The van der Waals surface area contributed by atoms with Gasteiger partial charge < -0.3 is 10.2 Å². The Morgan fingerprint density at radius 3 is 1.26 bits per heavy atom. The number of ketones is 2. The van der Waals surface area contributed by atoms with Crippen LogP contribution in [-0.2, 0) is 23.2 Å². The van der Waals surface area contributed by atoms with Crippen LogP contribution in [0.5, 0.6) is 0 Å². The highest BCUT2D eigenvalue weighted by Gasteiger charge is 2.53. The first-order chi connectivity index (χ1) is 16.9. The summed E-state index contributed by atoms with van der Waals surface area (Å²) in [6, 6.07) is 0. The van der Waals surface area contributed by atoms with Crippen LogP contribution >= 0.6 is 7.91 Å². The lowest BCUT2D eigenvalue weighted by molar-refractivity contribution is -0.161. The van der Waals surface area contributed by atoms with E-state index in [0.717, 1.165) is 51.4 Å². The summed E-state index contributed by atoms with van der Waals surface area (Å²) >= 11 is 0. The minimum atomic E-state index is -3.57. The fraction of sp³-hybridized carbons (Fsp3) is 0.926. The molecule has 8 heteroatoms. The van der Waals surface area contributed by atoms with Crippen molar-refractivity contribution in [1.29, 1.82) is 0 Å². The number of unbranched alkanes of at least 4 members (excludes halogenated alkanes) is 16. The molecule has 0 saturated carbocycles. The highest BCUT2D eigenvalue weighted by molar-refractivity contribution is 7.24. The van der Waals surface area contributed by atoms with Crippen molar-refractivity contribution in [2.24, 2.45) is 0 Å². The molecule has 0 spiro atoms. The van der Waals surface area contributed by atoms with Crippen molar-refractivity contribution >= 4 is 19.5 Å². The van der Waals surface area contributed by atoms with Crippen molar-refractivity contribution in [3.63, 3.8) is 0 Å². The van der Waals surface area contributed by atoms with Gasteiger partial charge in [0.1, 0.15) is 6.10 Å². The molecule has 0 aromatic rings. The van der Waals surface area contributed by atoms with Crippen LogP contribution in [0.15, 0.2) is 0 Å². The van der Waals surface area contributed by atoms with Crippen molar-refractivity contribution in [3.8, 4) is 0 Å². The fourth-order valence-corrected chi connectivity index (χ4v) is 5.06. The van der Waals surface area contributed by atoms with Gasteiger partial charge in [-0.15, -0.1) is 0 Å². The Kier molecular flexibility index (Phi) is 21.8. The van der Waals surface area contributed by atoms with E-state index in [1.165, 1.54) is 51.4 Å². The zero-order chi connectivity index (χ0) is 26.4. The first-order valence-electron chi connectivity index (χ1n) is 14.1. The van der Waals surface area contributed by atoms with Gasteiger partial charge in [0.25, 0.3) is 0 Å².